The summed E-state index contributed by atoms with van der Waals surface area (Å²) < 4.78 is 0. The number of nitrogens with zero attached hydrogens (tertiary/aromatic N) is 2. The first-order valence-electron chi connectivity index (χ1n) is 6.35. The molecule has 24 heavy (non-hydrogen) atoms. The lowest BCUT2D eigenvalue weighted by Crippen LogP contribution is -2.22. The number of nitro benzene ring substituents is 2. The van der Waals surface area contributed by atoms with Gasteiger partial charge >= 0.3 is 11.4 Å². The maximum atomic E-state index is 12.5. The van der Waals surface area contributed by atoms with Gasteiger partial charge in [0.15, 0.2) is 5.78 Å². The fourth-order valence-corrected chi connectivity index (χ4v) is 2.57. The molecule has 3 rings (SSSR count). The van der Waals surface area contributed by atoms with Crippen LogP contribution in [0.3, 0.4) is 0 Å². The smallest absolute Gasteiger partial charge is 0.329 e. The summed E-state index contributed by atoms with van der Waals surface area (Å²) in [6.45, 7) is 0. The molecular formula is C14H6N2O8. The number of hydrogen-bond acceptors (Lipinski definition) is 8. The molecule has 120 valence electrons. The average molecular weight is 330 g/mol. The Bertz CT molecular complexity index is 979. The highest BCUT2D eigenvalue weighted by Crippen LogP contribution is 2.44. The van der Waals surface area contributed by atoms with Crippen LogP contribution in [-0.2, 0) is 0 Å². The first-order chi connectivity index (χ1) is 11.2. The van der Waals surface area contributed by atoms with Crippen molar-refractivity contribution >= 4 is 22.9 Å². The van der Waals surface area contributed by atoms with Crippen LogP contribution in [0.15, 0.2) is 24.3 Å². The highest BCUT2D eigenvalue weighted by molar-refractivity contribution is 6.30. The zero-order chi connectivity index (χ0) is 17.8. The third-order valence-corrected chi connectivity index (χ3v) is 3.60. The molecule has 10 heteroatoms. The van der Waals surface area contributed by atoms with Gasteiger partial charge in [0.05, 0.1) is 9.85 Å². The zero-order valence-electron chi connectivity index (χ0n) is 11.5. The molecule has 0 aromatic heterocycles. The summed E-state index contributed by atoms with van der Waals surface area (Å²) in [6.07, 6.45) is 0. The van der Waals surface area contributed by atoms with Gasteiger partial charge in [-0.25, -0.2) is 0 Å². The number of rotatable bonds is 2. The summed E-state index contributed by atoms with van der Waals surface area (Å²) in [5.74, 6) is -3.47. The topological polar surface area (TPSA) is 161 Å². The highest BCUT2D eigenvalue weighted by atomic mass is 16.6. The summed E-state index contributed by atoms with van der Waals surface area (Å²) in [5.41, 5.74) is -3.99. The molecule has 1 aliphatic carbocycles. The van der Waals surface area contributed by atoms with Gasteiger partial charge < -0.3 is 10.2 Å². The van der Waals surface area contributed by atoms with Crippen molar-refractivity contribution in [2.75, 3.05) is 0 Å². The van der Waals surface area contributed by atoms with E-state index in [1.54, 1.807) is 0 Å². The van der Waals surface area contributed by atoms with E-state index in [0.29, 0.717) is 6.07 Å². The third-order valence-electron chi connectivity index (χ3n) is 3.60. The van der Waals surface area contributed by atoms with Gasteiger partial charge in [0.25, 0.3) is 5.75 Å². The fraction of sp³-hybridized carbons (Fsp3) is 0. The van der Waals surface area contributed by atoms with E-state index in [-0.39, 0.29) is 16.9 Å². The van der Waals surface area contributed by atoms with Gasteiger partial charge in [-0.1, -0.05) is 0 Å². The Balaban J connectivity index is 2.44. The second-order valence-electron chi connectivity index (χ2n) is 4.92. The first-order valence-corrected chi connectivity index (χ1v) is 6.35. The van der Waals surface area contributed by atoms with E-state index in [9.17, 15) is 40.0 Å². The van der Waals surface area contributed by atoms with Crippen molar-refractivity contribution in [3.8, 4) is 11.5 Å². The Morgan fingerprint density at radius 2 is 1.50 bits per heavy atom. The Morgan fingerprint density at radius 1 is 0.833 bits per heavy atom. The molecule has 0 aliphatic heterocycles. The number of carbonyl (C=O) groups excluding carboxylic acids is 2. The van der Waals surface area contributed by atoms with Gasteiger partial charge in [-0.15, -0.1) is 0 Å². The fourth-order valence-electron chi connectivity index (χ4n) is 2.57. The van der Waals surface area contributed by atoms with Gasteiger partial charge in [0, 0.05) is 22.8 Å². The van der Waals surface area contributed by atoms with Crippen LogP contribution in [-0.4, -0.2) is 31.6 Å². The summed E-state index contributed by atoms with van der Waals surface area (Å²) in [6, 6.07) is 3.83. The molecule has 0 saturated heterocycles. The quantitative estimate of drug-likeness (QED) is 0.530. The van der Waals surface area contributed by atoms with Crippen LogP contribution >= 0.6 is 0 Å². The molecule has 0 saturated carbocycles. The summed E-state index contributed by atoms with van der Waals surface area (Å²) in [7, 11) is 0. The van der Waals surface area contributed by atoms with Crippen LogP contribution in [0.25, 0.3) is 0 Å². The van der Waals surface area contributed by atoms with E-state index < -0.39 is 49.7 Å². The normalized spacial score (nSPS) is 12.5. The molecular weight excluding hydrogens is 324 g/mol. The number of carbonyl (C=O) groups is 2. The van der Waals surface area contributed by atoms with E-state index in [2.05, 4.69) is 0 Å². The van der Waals surface area contributed by atoms with Crippen molar-refractivity contribution in [2.24, 2.45) is 0 Å². The van der Waals surface area contributed by atoms with Gasteiger partial charge in [-0.3, -0.25) is 29.8 Å². The molecule has 0 spiro atoms. The molecule has 0 heterocycles. The first kappa shape index (κ1) is 15.1. The minimum absolute atomic E-state index is 0.207. The maximum absolute atomic E-state index is 12.5. The third kappa shape index (κ3) is 1.90. The van der Waals surface area contributed by atoms with Gasteiger partial charge in [0.1, 0.15) is 11.3 Å². The SMILES string of the molecule is O=C1c2cc(O)ccc2C(=O)c2c1cc([N+](=O)[O-])c(O)c2[N+](=O)[O-]. The van der Waals surface area contributed by atoms with Crippen LogP contribution in [0, 0.1) is 20.2 Å². The number of phenols is 2. The molecule has 0 atom stereocenters. The molecule has 0 radical (unpaired) electrons. The minimum atomic E-state index is -1.30. The summed E-state index contributed by atoms with van der Waals surface area (Å²) in [5, 5.41) is 41.4. The maximum Gasteiger partial charge on any atom is 0.329 e. The number of ketones is 2. The monoisotopic (exact) mass is 330 g/mol. The number of nitro groups is 2. The number of benzene rings is 2. The molecule has 1 aliphatic rings. The van der Waals surface area contributed by atoms with Crippen molar-refractivity contribution in [2.45, 2.75) is 0 Å². The molecule has 0 fully saturated rings. The molecule has 0 amide bonds. The molecule has 2 N–H and O–H groups in total. The van der Waals surface area contributed by atoms with Crippen molar-refractivity contribution < 1.29 is 29.6 Å². The van der Waals surface area contributed by atoms with E-state index >= 15 is 0 Å². The van der Waals surface area contributed by atoms with Crippen molar-refractivity contribution in [1.82, 2.24) is 0 Å². The van der Waals surface area contributed by atoms with E-state index in [1.807, 2.05) is 0 Å². The molecule has 10 nitrogen and oxygen atoms in total. The van der Waals surface area contributed by atoms with Crippen molar-refractivity contribution in [3.63, 3.8) is 0 Å². The van der Waals surface area contributed by atoms with Gasteiger partial charge in [-0.2, -0.15) is 0 Å². The van der Waals surface area contributed by atoms with Crippen LogP contribution in [0.4, 0.5) is 11.4 Å². The standard InChI is InChI=1S/C14H6N2O8/c17-5-1-2-6-7(3-5)12(18)8-4-9(15(21)22)14(20)11(16(23)24)10(8)13(6)19/h1-4,17,20H. The van der Waals surface area contributed by atoms with Crippen molar-refractivity contribution in [3.05, 3.63) is 66.7 Å². The highest BCUT2D eigenvalue weighted by Gasteiger charge is 2.41. The number of fused-ring (bicyclic) bond motifs is 2. The second kappa shape index (κ2) is 4.84. The Morgan fingerprint density at radius 3 is 2.08 bits per heavy atom. The van der Waals surface area contributed by atoms with Crippen LogP contribution in [0.2, 0.25) is 0 Å². The molecule has 0 unspecified atom stereocenters. The Kier molecular flexibility index (Phi) is 3.04. The average Bonchev–Trinajstić information content (AvgIpc) is 2.51. The van der Waals surface area contributed by atoms with Crippen LogP contribution < -0.4 is 0 Å². The van der Waals surface area contributed by atoms with Crippen LogP contribution in [0.5, 0.6) is 11.5 Å². The predicted octanol–water partition coefficient (Wildman–Crippen LogP) is 1.69. The molecule has 0 bridgehead atoms. The van der Waals surface area contributed by atoms with Gasteiger partial charge in [0.2, 0.25) is 5.78 Å². The zero-order valence-corrected chi connectivity index (χ0v) is 11.5. The number of aromatic hydroxyl groups is 2. The predicted molar refractivity (Wildman–Crippen MR) is 76.4 cm³/mol. The Labute approximate surface area is 131 Å². The van der Waals surface area contributed by atoms with Gasteiger partial charge in [-0.05, 0) is 18.2 Å². The lowest BCUT2D eigenvalue weighted by molar-refractivity contribution is -0.396. The van der Waals surface area contributed by atoms with E-state index in [0.717, 1.165) is 18.2 Å². The number of hydrogen-bond donors (Lipinski definition) is 2. The van der Waals surface area contributed by atoms with E-state index in [1.165, 1.54) is 0 Å². The second-order valence-corrected chi connectivity index (χ2v) is 4.92. The number of phenolic OH excluding ortho intramolecular Hbond substituents is 2. The molecule has 2 aromatic rings. The summed E-state index contributed by atoms with van der Waals surface area (Å²) >= 11 is 0. The summed E-state index contributed by atoms with van der Waals surface area (Å²) in [4.78, 5) is 44.9. The van der Waals surface area contributed by atoms with Crippen LogP contribution in [0.1, 0.15) is 31.8 Å². The minimum Gasteiger partial charge on any atom is -0.508 e. The van der Waals surface area contributed by atoms with Crippen molar-refractivity contribution in [1.29, 1.82) is 0 Å². The Hall–Kier alpha value is -3.82. The molecule has 2 aromatic carbocycles. The lowest BCUT2D eigenvalue weighted by atomic mass is 9.82. The largest absolute Gasteiger partial charge is 0.508 e. The lowest BCUT2D eigenvalue weighted by Gasteiger charge is -2.17. The van der Waals surface area contributed by atoms with E-state index in [4.69, 9.17) is 0 Å².